The van der Waals surface area contributed by atoms with Gasteiger partial charge >= 0.3 is 0 Å². The zero-order chi connectivity index (χ0) is 18.4. The molecule has 0 spiro atoms. The Bertz CT molecular complexity index is 578. The molecular weight excluding hydrogens is 488 g/mol. The Balaban J connectivity index is 0.00000196. The number of ether oxygens (including phenoxy) is 2. The normalized spacial score (nSPS) is 20.2. The van der Waals surface area contributed by atoms with E-state index in [2.05, 4.69) is 11.8 Å². The second kappa shape index (κ2) is 12.7. The van der Waals surface area contributed by atoms with Crippen LogP contribution in [0.3, 0.4) is 0 Å². The molecule has 0 aliphatic carbocycles. The summed E-state index contributed by atoms with van der Waals surface area (Å²) in [5.74, 6) is 1.94. The number of halogens is 2. The molecular formula is C21H34Br2N2O3. The molecule has 2 saturated heterocycles. The molecule has 1 amide bonds. The molecule has 0 saturated carbocycles. The molecule has 1 aromatic rings. The average Bonchev–Trinajstić information content (AvgIpc) is 3.05. The van der Waals surface area contributed by atoms with Gasteiger partial charge in [0.25, 0.3) is 0 Å². The van der Waals surface area contributed by atoms with E-state index >= 15 is 0 Å². The van der Waals surface area contributed by atoms with Crippen LogP contribution in [-0.2, 0) is 4.79 Å². The van der Waals surface area contributed by atoms with Crippen molar-refractivity contribution in [2.75, 3.05) is 32.8 Å². The molecule has 160 valence electrons. The first-order chi connectivity index (χ1) is 12.6. The van der Waals surface area contributed by atoms with Crippen LogP contribution in [-0.4, -0.2) is 60.6 Å². The van der Waals surface area contributed by atoms with Gasteiger partial charge in [0.1, 0.15) is 17.6 Å². The smallest absolute Gasteiger partial charge is 0.219 e. The quantitative estimate of drug-likeness (QED) is 0.496. The third kappa shape index (κ3) is 7.56. The molecule has 3 rings (SSSR count). The minimum Gasteiger partial charge on any atom is -0.494 e. The van der Waals surface area contributed by atoms with Gasteiger partial charge in [0.05, 0.1) is 6.61 Å². The Morgan fingerprint density at radius 1 is 1.04 bits per heavy atom. The van der Waals surface area contributed by atoms with E-state index in [0.29, 0.717) is 0 Å². The standard InChI is InChI=1S/C21H32N2O3.2BrH/c1-17-5-3-12-22(17)13-4-16-25-19-6-8-20(9-7-19)26-21-10-14-23(15-11-21)18(2)24;;/h6-9,17,21H,3-5,10-16H2,1-2H3;2*1H/t17-;;/m1../s1. The van der Waals surface area contributed by atoms with Crippen molar-refractivity contribution in [3.8, 4) is 11.5 Å². The summed E-state index contributed by atoms with van der Waals surface area (Å²) in [6.45, 7) is 8.64. The highest BCUT2D eigenvalue weighted by Gasteiger charge is 2.22. The fraction of sp³-hybridized carbons (Fsp3) is 0.667. The molecule has 2 aliphatic rings. The number of carbonyl (C=O) groups excluding carboxylic acids is 1. The average molecular weight is 522 g/mol. The minimum absolute atomic E-state index is 0. The maximum atomic E-state index is 11.4. The monoisotopic (exact) mass is 520 g/mol. The number of amides is 1. The summed E-state index contributed by atoms with van der Waals surface area (Å²) in [5, 5.41) is 0. The van der Waals surface area contributed by atoms with Crippen LogP contribution in [0.1, 0.15) is 46.0 Å². The lowest BCUT2D eigenvalue weighted by molar-refractivity contribution is -0.130. The number of carbonyl (C=O) groups is 1. The summed E-state index contributed by atoms with van der Waals surface area (Å²) in [6, 6.07) is 8.66. The SMILES string of the molecule is Br.Br.CC(=O)N1CCC(Oc2ccc(OCCCN3CCC[C@H]3C)cc2)CC1. The van der Waals surface area contributed by atoms with Crippen molar-refractivity contribution in [3.05, 3.63) is 24.3 Å². The number of rotatable bonds is 7. The summed E-state index contributed by atoms with van der Waals surface area (Å²) in [6.07, 6.45) is 5.71. The van der Waals surface area contributed by atoms with Crippen LogP contribution in [0.15, 0.2) is 24.3 Å². The first-order valence-corrected chi connectivity index (χ1v) is 10.0. The summed E-state index contributed by atoms with van der Waals surface area (Å²) in [4.78, 5) is 15.8. The van der Waals surface area contributed by atoms with Gasteiger partial charge in [-0.1, -0.05) is 0 Å². The fourth-order valence-corrected chi connectivity index (χ4v) is 3.88. The van der Waals surface area contributed by atoms with Crippen molar-refractivity contribution >= 4 is 39.9 Å². The minimum atomic E-state index is 0. The van der Waals surface area contributed by atoms with Crippen LogP contribution >= 0.6 is 34.0 Å². The van der Waals surface area contributed by atoms with Crippen LogP contribution in [0.4, 0.5) is 0 Å². The van der Waals surface area contributed by atoms with Crippen molar-refractivity contribution in [2.24, 2.45) is 0 Å². The molecule has 2 aliphatic heterocycles. The van der Waals surface area contributed by atoms with Crippen LogP contribution in [0, 0.1) is 0 Å². The van der Waals surface area contributed by atoms with E-state index in [0.717, 1.165) is 63.0 Å². The fourth-order valence-electron chi connectivity index (χ4n) is 3.88. The van der Waals surface area contributed by atoms with Gasteiger partial charge in [-0.3, -0.25) is 4.79 Å². The Morgan fingerprint density at radius 2 is 1.68 bits per heavy atom. The Kier molecular flexibility index (Phi) is 11.5. The first-order valence-electron chi connectivity index (χ1n) is 10.0. The summed E-state index contributed by atoms with van der Waals surface area (Å²) in [5.41, 5.74) is 0. The Hall–Kier alpha value is -0.790. The molecule has 0 N–H and O–H groups in total. The number of piperidine rings is 1. The van der Waals surface area contributed by atoms with Crippen molar-refractivity contribution < 1.29 is 14.3 Å². The Morgan fingerprint density at radius 3 is 2.25 bits per heavy atom. The van der Waals surface area contributed by atoms with Gasteiger partial charge < -0.3 is 19.3 Å². The highest BCUT2D eigenvalue weighted by atomic mass is 79.9. The molecule has 7 heteroatoms. The zero-order valence-electron chi connectivity index (χ0n) is 17.0. The largest absolute Gasteiger partial charge is 0.494 e. The molecule has 0 aromatic heterocycles. The number of benzene rings is 1. The summed E-state index contributed by atoms with van der Waals surface area (Å²) in [7, 11) is 0. The van der Waals surface area contributed by atoms with Gasteiger partial charge in [-0.05, 0) is 57.0 Å². The third-order valence-corrected chi connectivity index (χ3v) is 5.56. The number of hydrogen-bond acceptors (Lipinski definition) is 4. The number of hydrogen-bond donors (Lipinski definition) is 0. The summed E-state index contributed by atoms with van der Waals surface area (Å²) >= 11 is 0. The first kappa shape index (κ1) is 25.2. The number of likely N-dealkylation sites (tertiary alicyclic amines) is 2. The van der Waals surface area contributed by atoms with Gasteiger partial charge in [-0.2, -0.15) is 0 Å². The molecule has 28 heavy (non-hydrogen) atoms. The van der Waals surface area contributed by atoms with Crippen LogP contribution in [0.5, 0.6) is 11.5 Å². The van der Waals surface area contributed by atoms with Crippen LogP contribution < -0.4 is 9.47 Å². The van der Waals surface area contributed by atoms with Crippen molar-refractivity contribution in [3.63, 3.8) is 0 Å². The highest BCUT2D eigenvalue weighted by Crippen LogP contribution is 2.22. The lowest BCUT2D eigenvalue weighted by Crippen LogP contribution is -2.40. The van der Waals surface area contributed by atoms with Gasteiger partial charge in [-0.15, -0.1) is 34.0 Å². The van der Waals surface area contributed by atoms with Crippen molar-refractivity contribution in [2.45, 2.75) is 58.1 Å². The van der Waals surface area contributed by atoms with Gasteiger partial charge in [0.15, 0.2) is 0 Å². The maximum absolute atomic E-state index is 11.4. The zero-order valence-corrected chi connectivity index (χ0v) is 20.4. The topological polar surface area (TPSA) is 42.0 Å². The Labute approximate surface area is 190 Å². The second-order valence-corrected chi connectivity index (χ2v) is 7.52. The van der Waals surface area contributed by atoms with E-state index in [1.165, 1.54) is 19.4 Å². The van der Waals surface area contributed by atoms with Gasteiger partial charge in [-0.25, -0.2) is 0 Å². The number of nitrogens with zero attached hydrogens (tertiary/aromatic N) is 2. The maximum Gasteiger partial charge on any atom is 0.219 e. The third-order valence-electron chi connectivity index (χ3n) is 5.56. The molecule has 1 aromatic carbocycles. The summed E-state index contributed by atoms with van der Waals surface area (Å²) < 4.78 is 11.9. The van der Waals surface area contributed by atoms with Crippen LogP contribution in [0.2, 0.25) is 0 Å². The second-order valence-electron chi connectivity index (χ2n) is 7.52. The molecule has 1 atom stereocenters. The van der Waals surface area contributed by atoms with Crippen molar-refractivity contribution in [1.29, 1.82) is 0 Å². The van der Waals surface area contributed by atoms with Gasteiger partial charge in [0, 0.05) is 45.4 Å². The lowest BCUT2D eigenvalue weighted by atomic mass is 10.1. The molecule has 0 unspecified atom stereocenters. The predicted octanol–water partition coefficient (Wildman–Crippen LogP) is 4.49. The van der Waals surface area contributed by atoms with E-state index in [-0.39, 0.29) is 46.0 Å². The lowest BCUT2D eigenvalue weighted by Gasteiger charge is -2.31. The molecule has 0 bridgehead atoms. The molecule has 2 fully saturated rings. The van der Waals surface area contributed by atoms with Gasteiger partial charge in [0.2, 0.25) is 5.91 Å². The van der Waals surface area contributed by atoms with E-state index < -0.39 is 0 Å². The van der Waals surface area contributed by atoms with E-state index in [9.17, 15) is 4.79 Å². The van der Waals surface area contributed by atoms with Crippen LogP contribution in [0.25, 0.3) is 0 Å². The molecule has 2 heterocycles. The van der Waals surface area contributed by atoms with Crippen molar-refractivity contribution in [1.82, 2.24) is 9.80 Å². The van der Waals surface area contributed by atoms with E-state index in [1.54, 1.807) is 6.92 Å². The van der Waals surface area contributed by atoms with E-state index in [4.69, 9.17) is 9.47 Å². The molecule has 0 radical (unpaired) electrons. The highest BCUT2D eigenvalue weighted by molar-refractivity contribution is 8.93. The van der Waals surface area contributed by atoms with E-state index in [1.807, 2.05) is 29.2 Å². The predicted molar refractivity (Wildman–Crippen MR) is 123 cm³/mol. The molecule has 5 nitrogen and oxygen atoms in total.